The van der Waals surface area contributed by atoms with Crippen molar-refractivity contribution in [3.05, 3.63) is 253 Å². The molecule has 2 aliphatic carbocycles. The molecule has 0 bridgehead atoms. The molecular weight excluding hydrogens is 689 g/mol. The quantitative estimate of drug-likeness (QED) is 0.161. The first-order valence-electron chi connectivity index (χ1n) is 19.7. The molecule has 0 aromatic heterocycles. The fraction of sp³-hybridized carbons (Fsp3) is 0.0182. The van der Waals surface area contributed by atoms with Gasteiger partial charge in [-0.05, 0) is 134 Å². The highest BCUT2D eigenvalue weighted by Crippen LogP contribution is 2.64. The molecule has 0 N–H and O–H groups in total. The van der Waals surface area contributed by atoms with Crippen LogP contribution in [0.5, 0.6) is 0 Å². The minimum absolute atomic E-state index is 0.542. The van der Waals surface area contributed by atoms with E-state index in [1.54, 1.807) is 0 Å². The van der Waals surface area contributed by atoms with Crippen molar-refractivity contribution in [3.8, 4) is 33.4 Å². The van der Waals surface area contributed by atoms with Crippen LogP contribution in [-0.2, 0) is 5.41 Å². The third kappa shape index (κ3) is 5.18. The monoisotopic (exact) mass is 726 g/mol. The van der Waals surface area contributed by atoms with Crippen molar-refractivity contribution in [2.45, 2.75) is 5.41 Å². The Bertz CT molecular complexity index is 2810. The maximum Gasteiger partial charge on any atom is 0.0726 e. The summed E-state index contributed by atoms with van der Waals surface area (Å²) in [5.41, 5.74) is 19.0. The summed E-state index contributed by atoms with van der Waals surface area (Å²) in [7, 11) is 0. The van der Waals surface area contributed by atoms with Crippen LogP contribution in [0.4, 0.5) is 34.1 Å². The van der Waals surface area contributed by atoms with Gasteiger partial charge in [0, 0.05) is 34.1 Å². The Morgan fingerprint density at radius 1 is 0.228 bits per heavy atom. The summed E-state index contributed by atoms with van der Waals surface area (Å²) in [5.74, 6) is 0. The third-order valence-corrected chi connectivity index (χ3v) is 11.8. The van der Waals surface area contributed by atoms with Gasteiger partial charge in [-0.25, -0.2) is 0 Å². The second-order valence-electron chi connectivity index (χ2n) is 14.9. The molecule has 9 aromatic rings. The second kappa shape index (κ2) is 13.4. The fourth-order valence-corrected chi connectivity index (χ4v) is 9.46. The zero-order valence-electron chi connectivity index (χ0n) is 31.3. The van der Waals surface area contributed by atoms with E-state index in [-0.39, 0.29) is 0 Å². The zero-order chi connectivity index (χ0) is 37.8. The molecule has 2 aliphatic rings. The predicted octanol–water partition coefficient (Wildman–Crippen LogP) is 14.6. The highest BCUT2D eigenvalue weighted by atomic mass is 15.1. The summed E-state index contributed by atoms with van der Waals surface area (Å²) in [6, 6.07) is 84.2. The summed E-state index contributed by atoms with van der Waals surface area (Å²) in [6.07, 6.45) is 0. The minimum atomic E-state index is -0.542. The van der Waals surface area contributed by atoms with E-state index < -0.39 is 5.41 Å². The van der Waals surface area contributed by atoms with Crippen LogP contribution in [0.1, 0.15) is 22.3 Å². The van der Waals surface area contributed by atoms with Crippen LogP contribution in [0.25, 0.3) is 33.4 Å². The standard InChI is InChI=1S/C55H38N2/c1-6-18-39(19-7-1)40-30-33-48-49-34-31-46(57(43-24-12-4-13-25-43)44-26-14-5-15-27-44)38-54(49)55(53(48)36-40)51-29-17-16-28-47(51)50-37-45(32-35-52(50)55)56(41-20-8-2-9-21-41)42-22-10-3-11-23-42/h1-38H. The maximum atomic E-state index is 2.47. The van der Waals surface area contributed by atoms with Gasteiger partial charge in [0.2, 0.25) is 0 Å². The lowest BCUT2D eigenvalue weighted by Crippen LogP contribution is -2.26. The molecule has 9 aromatic carbocycles. The van der Waals surface area contributed by atoms with Gasteiger partial charge >= 0.3 is 0 Å². The number of para-hydroxylation sites is 4. The van der Waals surface area contributed by atoms with Gasteiger partial charge < -0.3 is 9.80 Å². The number of hydrogen-bond donors (Lipinski definition) is 0. The smallest absolute Gasteiger partial charge is 0.0726 e. The molecule has 2 nitrogen and oxygen atoms in total. The molecule has 0 amide bonds. The number of rotatable bonds is 7. The molecule has 0 saturated heterocycles. The molecule has 1 atom stereocenters. The first-order chi connectivity index (χ1) is 28.3. The fourth-order valence-electron chi connectivity index (χ4n) is 9.46. The molecule has 2 heteroatoms. The van der Waals surface area contributed by atoms with Crippen molar-refractivity contribution in [1.82, 2.24) is 0 Å². The highest BCUT2D eigenvalue weighted by molar-refractivity contribution is 5.98. The summed E-state index contributed by atoms with van der Waals surface area (Å²) in [6.45, 7) is 0. The molecule has 11 rings (SSSR count). The molecule has 0 radical (unpaired) electrons. The molecule has 1 unspecified atom stereocenters. The van der Waals surface area contributed by atoms with Crippen LogP contribution < -0.4 is 9.80 Å². The number of anilines is 6. The van der Waals surface area contributed by atoms with Crippen LogP contribution in [0.15, 0.2) is 231 Å². The lowest BCUT2D eigenvalue weighted by atomic mass is 9.70. The van der Waals surface area contributed by atoms with Gasteiger partial charge in [0.05, 0.1) is 5.41 Å². The first kappa shape index (κ1) is 33.0. The van der Waals surface area contributed by atoms with E-state index in [1.807, 2.05) is 0 Å². The third-order valence-electron chi connectivity index (χ3n) is 11.8. The van der Waals surface area contributed by atoms with Gasteiger partial charge in [0.15, 0.2) is 0 Å². The summed E-state index contributed by atoms with van der Waals surface area (Å²) in [5, 5.41) is 0. The van der Waals surface area contributed by atoms with E-state index in [2.05, 4.69) is 240 Å². The SMILES string of the molecule is c1ccc(-c2ccc3c(c2)C2(c4ccccc4-c4cc(N(c5ccccc5)c5ccccc5)ccc42)c2cc(N(c4ccccc4)c4ccccc4)ccc2-3)cc1. The Labute approximate surface area is 334 Å². The molecule has 1 spiro atoms. The largest absolute Gasteiger partial charge is 0.310 e. The Balaban J connectivity index is 1.19. The average Bonchev–Trinajstić information content (AvgIpc) is 3.74. The van der Waals surface area contributed by atoms with Crippen molar-refractivity contribution in [3.63, 3.8) is 0 Å². The molecule has 0 heterocycles. The van der Waals surface area contributed by atoms with E-state index in [4.69, 9.17) is 0 Å². The van der Waals surface area contributed by atoms with Gasteiger partial charge in [0.25, 0.3) is 0 Å². The van der Waals surface area contributed by atoms with Crippen molar-refractivity contribution < 1.29 is 0 Å². The van der Waals surface area contributed by atoms with Crippen molar-refractivity contribution in [2.75, 3.05) is 9.80 Å². The van der Waals surface area contributed by atoms with E-state index >= 15 is 0 Å². The van der Waals surface area contributed by atoms with Crippen molar-refractivity contribution in [1.29, 1.82) is 0 Å². The normalized spacial score (nSPS) is 14.4. The van der Waals surface area contributed by atoms with Crippen LogP contribution in [0.3, 0.4) is 0 Å². The van der Waals surface area contributed by atoms with E-state index in [0.717, 1.165) is 34.1 Å². The molecule has 0 saturated carbocycles. The van der Waals surface area contributed by atoms with E-state index in [1.165, 1.54) is 55.6 Å². The lowest BCUT2D eigenvalue weighted by molar-refractivity contribution is 0.794. The second-order valence-corrected chi connectivity index (χ2v) is 14.9. The Hall–Kier alpha value is -7.42. The van der Waals surface area contributed by atoms with Crippen LogP contribution in [0, 0.1) is 0 Å². The van der Waals surface area contributed by atoms with Gasteiger partial charge in [-0.3, -0.25) is 0 Å². The predicted molar refractivity (Wildman–Crippen MR) is 238 cm³/mol. The number of fused-ring (bicyclic) bond motifs is 10. The lowest BCUT2D eigenvalue weighted by Gasteiger charge is -2.33. The van der Waals surface area contributed by atoms with Gasteiger partial charge in [-0.15, -0.1) is 0 Å². The topological polar surface area (TPSA) is 6.48 Å². The van der Waals surface area contributed by atoms with E-state index in [0.29, 0.717) is 0 Å². The number of benzene rings is 9. The van der Waals surface area contributed by atoms with Crippen LogP contribution >= 0.6 is 0 Å². The molecule has 0 fully saturated rings. The van der Waals surface area contributed by atoms with Crippen LogP contribution in [-0.4, -0.2) is 0 Å². The molecule has 0 aliphatic heterocycles. The summed E-state index contributed by atoms with van der Waals surface area (Å²) in [4.78, 5) is 4.75. The first-order valence-corrected chi connectivity index (χ1v) is 19.7. The summed E-state index contributed by atoms with van der Waals surface area (Å²) >= 11 is 0. The minimum Gasteiger partial charge on any atom is -0.310 e. The van der Waals surface area contributed by atoms with Gasteiger partial charge in [0.1, 0.15) is 0 Å². The van der Waals surface area contributed by atoms with Gasteiger partial charge in [-0.2, -0.15) is 0 Å². The Morgan fingerprint density at radius 2 is 0.632 bits per heavy atom. The maximum absolute atomic E-state index is 2.47. The molecule has 268 valence electrons. The highest BCUT2D eigenvalue weighted by Gasteiger charge is 2.52. The van der Waals surface area contributed by atoms with Crippen molar-refractivity contribution >= 4 is 34.1 Å². The zero-order valence-corrected chi connectivity index (χ0v) is 31.3. The number of nitrogens with zero attached hydrogens (tertiary/aromatic N) is 2. The Morgan fingerprint density at radius 3 is 1.19 bits per heavy atom. The van der Waals surface area contributed by atoms with Gasteiger partial charge in [-0.1, -0.05) is 152 Å². The van der Waals surface area contributed by atoms with Crippen molar-refractivity contribution in [2.24, 2.45) is 0 Å². The van der Waals surface area contributed by atoms with E-state index in [9.17, 15) is 0 Å². The molecule has 57 heavy (non-hydrogen) atoms. The Kier molecular flexibility index (Phi) is 7.75. The molecular formula is C55H38N2. The summed E-state index contributed by atoms with van der Waals surface area (Å²) < 4.78 is 0. The average molecular weight is 727 g/mol. The number of hydrogen-bond acceptors (Lipinski definition) is 2. The van der Waals surface area contributed by atoms with Crippen LogP contribution in [0.2, 0.25) is 0 Å².